The monoisotopic (exact) mass is 785 g/mol. The maximum Gasteiger partial charge on any atom is 0.197 e. The Morgan fingerprint density at radius 3 is 2.26 bits per heavy atom. The second-order valence-corrected chi connectivity index (χ2v) is 10.5. The van der Waals surface area contributed by atoms with Gasteiger partial charge in [-0.25, -0.2) is 4.98 Å². The Kier molecular flexibility index (Phi) is 8.43. The van der Waals surface area contributed by atoms with Gasteiger partial charge in [0.25, 0.3) is 0 Å². The van der Waals surface area contributed by atoms with Gasteiger partial charge in [0.05, 0.1) is 11.4 Å². The molecule has 0 atom stereocenters. The molecule has 9 rings (SSSR count). The summed E-state index contributed by atoms with van der Waals surface area (Å²) in [5.41, 5.74) is 8.56. The number of hydrogen-bond donors (Lipinski definition) is 0. The summed E-state index contributed by atoms with van der Waals surface area (Å²) in [6.07, 6.45) is 3.20. The number of rotatable bonds is 4. The molecule has 9 aromatic rings. The third-order valence-corrected chi connectivity index (χ3v) is 7.65. The van der Waals surface area contributed by atoms with E-state index in [-0.39, 0.29) is 20.1 Å². The predicted molar refractivity (Wildman–Crippen MR) is 180 cm³/mol. The van der Waals surface area contributed by atoms with Crippen LogP contribution in [0.3, 0.4) is 0 Å². The molecule has 7 nitrogen and oxygen atoms in total. The van der Waals surface area contributed by atoms with Crippen LogP contribution in [0.25, 0.3) is 72.7 Å². The fraction of sp³-hybridized carbons (Fsp3) is 0. The van der Waals surface area contributed by atoms with Crippen LogP contribution in [0.4, 0.5) is 0 Å². The molecule has 0 saturated heterocycles. The van der Waals surface area contributed by atoms with Crippen LogP contribution in [0, 0.1) is 12.1 Å². The summed E-state index contributed by atoms with van der Waals surface area (Å²) in [5, 5.41) is 10.4. The molecule has 0 aliphatic carbocycles. The molecule has 5 aromatic carbocycles. The topological polar surface area (TPSA) is 82.5 Å². The summed E-state index contributed by atoms with van der Waals surface area (Å²) >= 11 is 0. The molecule has 47 heavy (non-hydrogen) atoms. The fourth-order valence-electron chi connectivity index (χ4n) is 5.52. The first-order chi connectivity index (χ1) is 22.8. The van der Waals surface area contributed by atoms with Gasteiger partial charge in [0, 0.05) is 37.4 Å². The van der Waals surface area contributed by atoms with Gasteiger partial charge in [0.1, 0.15) is 11.9 Å². The van der Waals surface area contributed by atoms with Crippen LogP contribution in [0.15, 0.2) is 150 Å². The second-order valence-electron chi connectivity index (χ2n) is 10.5. The van der Waals surface area contributed by atoms with Crippen LogP contribution in [-0.4, -0.2) is 29.7 Å². The molecular weight excluding hydrogens is 761 g/mol. The Hall–Kier alpha value is -5.82. The largest absolute Gasteiger partial charge is 0.501 e. The Balaban J connectivity index is 0.000000228. The molecule has 0 aliphatic rings. The summed E-state index contributed by atoms with van der Waals surface area (Å²) in [5.74, 6) is 0.655. The Morgan fingerprint density at radius 2 is 1.47 bits per heavy atom. The van der Waals surface area contributed by atoms with Gasteiger partial charge >= 0.3 is 0 Å². The molecule has 0 saturated carbocycles. The molecular formula is C39H24IrN6O-2. The summed E-state index contributed by atoms with van der Waals surface area (Å²) in [6.45, 7) is 0. The number of pyridine rings is 1. The van der Waals surface area contributed by atoms with E-state index in [1.807, 2.05) is 108 Å². The first kappa shape index (κ1) is 29.9. The van der Waals surface area contributed by atoms with Crippen molar-refractivity contribution in [3.63, 3.8) is 0 Å². The quantitative estimate of drug-likeness (QED) is 0.166. The molecule has 1 radical (unpaired) electrons. The number of fused-ring (bicyclic) bond motifs is 4. The van der Waals surface area contributed by atoms with Crippen LogP contribution in [0.1, 0.15) is 0 Å². The molecule has 0 aliphatic heterocycles. The van der Waals surface area contributed by atoms with Gasteiger partial charge < -0.3 is 14.0 Å². The van der Waals surface area contributed by atoms with Gasteiger partial charge in [-0.1, -0.05) is 83.7 Å². The number of furan rings is 1. The van der Waals surface area contributed by atoms with Crippen LogP contribution >= 0.6 is 0 Å². The molecule has 0 N–H and O–H groups in total. The van der Waals surface area contributed by atoms with Crippen molar-refractivity contribution in [2.24, 2.45) is 0 Å². The van der Waals surface area contributed by atoms with E-state index in [2.05, 4.69) is 62.6 Å². The molecule has 0 bridgehead atoms. The van der Waals surface area contributed by atoms with E-state index in [0.29, 0.717) is 17.1 Å². The average molecular weight is 785 g/mol. The summed E-state index contributed by atoms with van der Waals surface area (Å²) in [6, 6.07) is 50.7. The zero-order valence-corrected chi connectivity index (χ0v) is 27.2. The van der Waals surface area contributed by atoms with Crippen molar-refractivity contribution < 1.29 is 24.5 Å². The van der Waals surface area contributed by atoms with Gasteiger partial charge in [-0.15, -0.1) is 64.3 Å². The van der Waals surface area contributed by atoms with Crippen LogP contribution in [0.5, 0.6) is 0 Å². The number of imidazole rings is 1. The molecule has 0 spiro atoms. The number of para-hydroxylation sites is 1. The minimum absolute atomic E-state index is 0. The predicted octanol–water partition coefficient (Wildman–Crippen LogP) is 8.79. The van der Waals surface area contributed by atoms with Crippen molar-refractivity contribution in [3.05, 3.63) is 158 Å². The Labute approximate surface area is 284 Å². The summed E-state index contributed by atoms with van der Waals surface area (Å²) < 4.78 is 8.39. The van der Waals surface area contributed by atoms with Crippen molar-refractivity contribution in [3.8, 4) is 39.5 Å². The van der Waals surface area contributed by atoms with Gasteiger partial charge in [-0.2, -0.15) is 0 Å². The van der Waals surface area contributed by atoms with E-state index in [1.165, 1.54) is 6.33 Å². The van der Waals surface area contributed by atoms with E-state index in [9.17, 15) is 0 Å². The van der Waals surface area contributed by atoms with Crippen LogP contribution < -0.4 is 0 Å². The first-order valence-electron chi connectivity index (χ1n) is 14.8. The number of benzene rings is 5. The van der Waals surface area contributed by atoms with Gasteiger partial charge in [0.2, 0.25) is 0 Å². The molecule has 0 unspecified atom stereocenters. The smallest absolute Gasteiger partial charge is 0.197 e. The third kappa shape index (κ3) is 5.84. The zero-order valence-electron chi connectivity index (χ0n) is 24.8. The van der Waals surface area contributed by atoms with E-state index in [4.69, 9.17) is 9.40 Å². The van der Waals surface area contributed by atoms with Crippen LogP contribution in [-0.2, 0) is 20.1 Å². The Morgan fingerprint density at radius 1 is 0.660 bits per heavy atom. The van der Waals surface area contributed by atoms with Crippen molar-refractivity contribution in [2.45, 2.75) is 0 Å². The molecule has 4 aromatic heterocycles. The molecule has 227 valence electrons. The van der Waals surface area contributed by atoms with Crippen molar-refractivity contribution in [1.29, 1.82) is 0 Å². The standard InChI is InChI=1S/C28H16N5O.C11H8N.Ir/c1-3-8-18(9-4-1)19-14-15-21-22-12-7-13-23(25(22)34-24(21)16-19)27-31-26-28(32-30-17-29-26)33(27)20-10-5-2-6-11-20;1-2-6-10(7-3-1)11-8-4-5-9-12-11;/h1-12,14-17H;1-6,8-9H;/q2*-1;. The van der Waals surface area contributed by atoms with Crippen molar-refractivity contribution >= 4 is 33.2 Å². The normalized spacial score (nSPS) is 10.8. The maximum atomic E-state index is 6.45. The SMILES string of the molecule is [Ir].[c-]1ccc2c(oc3cc(-c4ccccc4)ccc32)c1-c1nc2ncnnc2n1-c1ccccc1.[c-]1ccccc1-c1ccccn1. The molecule has 8 heteroatoms. The van der Waals surface area contributed by atoms with Gasteiger partial charge in [-0.3, -0.25) is 4.98 Å². The minimum atomic E-state index is 0. The first-order valence-corrected chi connectivity index (χ1v) is 14.8. The summed E-state index contributed by atoms with van der Waals surface area (Å²) in [7, 11) is 0. The Bertz CT molecular complexity index is 2370. The number of aromatic nitrogens is 6. The van der Waals surface area contributed by atoms with E-state index >= 15 is 0 Å². The van der Waals surface area contributed by atoms with Crippen molar-refractivity contribution in [1.82, 2.24) is 29.7 Å². The second kappa shape index (κ2) is 13.3. The van der Waals surface area contributed by atoms with E-state index in [1.54, 1.807) is 6.20 Å². The minimum Gasteiger partial charge on any atom is -0.501 e. The zero-order chi connectivity index (χ0) is 30.7. The molecule has 0 amide bonds. The fourth-order valence-corrected chi connectivity index (χ4v) is 5.52. The van der Waals surface area contributed by atoms with Gasteiger partial charge in [-0.05, 0) is 41.1 Å². The number of nitrogens with zero attached hydrogens (tertiary/aromatic N) is 6. The maximum absolute atomic E-state index is 6.45. The van der Waals surface area contributed by atoms with Gasteiger partial charge in [0.15, 0.2) is 11.3 Å². The van der Waals surface area contributed by atoms with Crippen LogP contribution in [0.2, 0.25) is 0 Å². The third-order valence-electron chi connectivity index (χ3n) is 7.65. The van der Waals surface area contributed by atoms with E-state index in [0.717, 1.165) is 55.6 Å². The molecule has 0 fully saturated rings. The molecule has 4 heterocycles. The van der Waals surface area contributed by atoms with E-state index < -0.39 is 0 Å². The van der Waals surface area contributed by atoms with Crippen molar-refractivity contribution in [2.75, 3.05) is 0 Å². The summed E-state index contributed by atoms with van der Waals surface area (Å²) in [4.78, 5) is 13.4. The number of hydrogen-bond acceptors (Lipinski definition) is 6. The average Bonchev–Trinajstić information content (AvgIpc) is 3.72.